The summed E-state index contributed by atoms with van der Waals surface area (Å²) >= 11 is 0. The van der Waals surface area contributed by atoms with Crippen LogP contribution in [0.3, 0.4) is 0 Å². The number of amides is 3. The topological polar surface area (TPSA) is 99.5 Å². The molecule has 0 aliphatic heterocycles. The molecule has 0 radical (unpaired) electrons. The fourth-order valence-electron chi connectivity index (χ4n) is 2.05. The van der Waals surface area contributed by atoms with Gasteiger partial charge in [-0.2, -0.15) is 0 Å². The molecule has 2 heterocycles. The predicted octanol–water partition coefficient (Wildman–Crippen LogP) is 1.24. The highest BCUT2D eigenvalue weighted by atomic mass is 16.3. The van der Waals surface area contributed by atoms with E-state index in [1.54, 1.807) is 25.3 Å². The number of aromatic nitrogens is 1. The molecular formula is C17H23N5O3. The Hall–Kier alpha value is -3.03. The number of pyridine rings is 1. The van der Waals surface area contributed by atoms with Crippen LogP contribution in [0.15, 0.2) is 41.1 Å². The van der Waals surface area contributed by atoms with Gasteiger partial charge in [0.25, 0.3) is 0 Å². The summed E-state index contributed by atoms with van der Waals surface area (Å²) in [5, 5.41) is 8.02. The molecular weight excluding hydrogens is 322 g/mol. The Bertz CT molecular complexity index is 700. The van der Waals surface area contributed by atoms with Crippen LogP contribution in [0.5, 0.6) is 0 Å². The molecule has 134 valence electrons. The fourth-order valence-corrected chi connectivity index (χ4v) is 2.05. The summed E-state index contributed by atoms with van der Waals surface area (Å²) in [5.74, 6) is 1.18. The first-order chi connectivity index (χ1) is 12.0. The number of carbonyl (C=O) groups is 2. The molecule has 0 bridgehead atoms. The molecule has 0 fully saturated rings. The first-order valence-electron chi connectivity index (χ1n) is 7.92. The van der Waals surface area contributed by atoms with Crippen LogP contribution in [0.4, 0.5) is 10.6 Å². The number of furan rings is 1. The third kappa shape index (κ3) is 5.83. The molecule has 0 aliphatic rings. The van der Waals surface area contributed by atoms with Gasteiger partial charge in [0.05, 0.1) is 12.8 Å². The van der Waals surface area contributed by atoms with Gasteiger partial charge in [-0.05, 0) is 36.8 Å². The summed E-state index contributed by atoms with van der Waals surface area (Å²) in [5.41, 5.74) is 0.920. The lowest BCUT2D eigenvalue weighted by molar-refractivity contribution is -0.122. The normalized spacial score (nSPS) is 11.5. The van der Waals surface area contributed by atoms with E-state index in [0.29, 0.717) is 12.3 Å². The summed E-state index contributed by atoms with van der Waals surface area (Å²) < 4.78 is 5.14. The first kappa shape index (κ1) is 18.3. The van der Waals surface area contributed by atoms with Crippen molar-refractivity contribution >= 4 is 17.8 Å². The lowest BCUT2D eigenvalue weighted by Gasteiger charge is -2.15. The van der Waals surface area contributed by atoms with Crippen LogP contribution in [0.25, 0.3) is 0 Å². The van der Waals surface area contributed by atoms with E-state index in [4.69, 9.17) is 4.42 Å². The molecule has 2 aromatic rings. The van der Waals surface area contributed by atoms with Crippen molar-refractivity contribution < 1.29 is 14.0 Å². The molecule has 3 N–H and O–H groups in total. The third-order valence-electron chi connectivity index (χ3n) is 3.48. The number of rotatable bonds is 7. The number of anilines is 1. The zero-order valence-corrected chi connectivity index (χ0v) is 14.6. The Morgan fingerprint density at radius 1 is 1.24 bits per heavy atom. The quantitative estimate of drug-likeness (QED) is 0.701. The van der Waals surface area contributed by atoms with Crippen LogP contribution >= 0.6 is 0 Å². The minimum atomic E-state index is -0.662. The van der Waals surface area contributed by atoms with Crippen LogP contribution in [0, 0.1) is 0 Å². The van der Waals surface area contributed by atoms with Crippen LogP contribution in [-0.2, 0) is 17.9 Å². The van der Waals surface area contributed by atoms with Crippen molar-refractivity contribution in [3.8, 4) is 0 Å². The maximum atomic E-state index is 12.0. The van der Waals surface area contributed by atoms with Crippen molar-refractivity contribution in [1.82, 2.24) is 20.9 Å². The van der Waals surface area contributed by atoms with Crippen molar-refractivity contribution in [1.29, 1.82) is 0 Å². The second-order valence-electron chi connectivity index (χ2n) is 5.76. The van der Waals surface area contributed by atoms with Gasteiger partial charge in [0.15, 0.2) is 0 Å². The van der Waals surface area contributed by atoms with Crippen LogP contribution < -0.4 is 20.9 Å². The lowest BCUT2D eigenvalue weighted by atomic mass is 10.2. The zero-order chi connectivity index (χ0) is 18.2. The van der Waals surface area contributed by atoms with Crippen molar-refractivity contribution in [2.45, 2.75) is 26.1 Å². The Kier molecular flexibility index (Phi) is 6.39. The highest BCUT2D eigenvalue weighted by molar-refractivity contribution is 5.86. The van der Waals surface area contributed by atoms with E-state index in [0.717, 1.165) is 11.4 Å². The molecule has 2 aromatic heterocycles. The Labute approximate surface area is 146 Å². The molecule has 0 aromatic carbocycles. The molecule has 25 heavy (non-hydrogen) atoms. The van der Waals surface area contributed by atoms with Gasteiger partial charge in [0.1, 0.15) is 17.6 Å². The summed E-state index contributed by atoms with van der Waals surface area (Å²) in [6.07, 6.45) is 3.23. The van der Waals surface area contributed by atoms with E-state index in [2.05, 4.69) is 20.9 Å². The van der Waals surface area contributed by atoms with E-state index in [1.165, 1.54) is 6.26 Å². The van der Waals surface area contributed by atoms with Gasteiger partial charge < -0.3 is 25.3 Å². The minimum absolute atomic E-state index is 0.282. The maximum Gasteiger partial charge on any atom is 0.315 e. The number of nitrogens with zero attached hydrogens (tertiary/aromatic N) is 2. The van der Waals surface area contributed by atoms with Gasteiger partial charge in [-0.15, -0.1) is 0 Å². The number of urea groups is 1. The first-order valence-corrected chi connectivity index (χ1v) is 7.92. The standard InChI is InChI=1S/C17H23N5O3/c1-12(16(23)19-11-14-5-4-8-25-14)21-17(24)20-10-13-6-7-18-15(9-13)22(2)3/h4-9,12H,10-11H2,1-3H3,(H,19,23)(H2,20,21,24). The molecule has 1 atom stereocenters. The highest BCUT2D eigenvalue weighted by Gasteiger charge is 2.15. The minimum Gasteiger partial charge on any atom is -0.467 e. The molecule has 0 spiro atoms. The molecule has 0 saturated heterocycles. The van der Waals surface area contributed by atoms with Crippen molar-refractivity contribution in [3.05, 3.63) is 48.0 Å². The van der Waals surface area contributed by atoms with Crippen LogP contribution in [0.2, 0.25) is 0 Å². The molecule has 0 aliphatic carbocycles. The van der Waals surface area contributed by atoms with Crippen molar-refractivity contribution in [2.24, 2.45) is 0 Å². The summed E-state index contributed by atoms with van der Waals surface area (Å²) in [6, 6.07) is 6.15. The largest absolute Gasteiger partial charge is 0.467 e. The van der Waals surface area contributed by atoms with Gasteiger partial charge in [0, 0.05) is 26.8 Å². The van der Waals surface area contributed by atoms with Gasteiger partial charge in [-0.1, -0.05) is 0 Å². The molecule has 8 heteroatoms. The fraction of sp³-hybridized carbons (Fsp3) is 0.353. The molecule has 2 rings (SSSR count). The smallest absolute Gasteiger partial charge is 0.315 e. The average molecular weight is 345 g/mol. The van der Waals surface area contributed by atoms with Gasteiger partial charge >= 0.3 is 6.03 Å². The Morgan fingerprint density at radius 3 is 2.72 bits per heavy atom. The van der Waals surface area contributed by atoms with Gasteiger partial charge in [-0.25, -0.2) is 9.78 Å². The molecule has 3 amide bonds. The monoisotopic (exact) mass is 345 g/mol. The van der Waals surface area contributed by atoms with E-state index in [9.17, 15) is 9.59 Å². The van der Waals surface area contributed by atoms with E-state index < -0.39 is 12.1 Å². The molecule has 1 unspecified atom stereocenters. The lowest BCUT2D eigenvalue weighted by Crippen LogP contribution is -2.48. The zero-order valence-electron chi connectivity index (χ0n) is 14.6. The predicted molar refractivity (Wildman–Crippen MR) is 94.0 cm³/mol. The van der Waals surface area contributed by atoms with Crippen molar-refractivity contribution in [2.75, 3.05) is 19.0 Å². The van der Waals surface area contributed by atoms with E-state index >= 15 is 0 Å². The summed E-state index contributed by atoms with van der Waals surface area (Å²) in [7, 11) is 3.80. The Balaban J connectivity index is 1.75. The number of nitrogens with one attached hydrogen (secondary N) is 3. The van der Waals surface area contributed by atoms with Crippen LogP contribution in [-0.4, -0.2) is 37.1 Å². The van der Waals surface area contributed by atoms with Gasteiger partial charge in [-0.3, -0.25) is 4.79 Å². The van der Waals surface area contributed by atoms with E-state index in [-0.39, 0.29) is 12.5 Å². The third-order valence-corrected chi connectivity index (χ3v) is 3.48. The average Bonchev–Trinajstić information content (AvgIpc) is 3.11. The number of carbonyl (C=O) groups excluding carboxylic acids is 2. The van der Waals surface area contributed by atoms with Crippen LogP contribution in [0.1, 0.15) is 18.2 Å². The SMILES string of the molecule is CC(NC(=O)NCc1ccnc(N(C)C)c1)C(=O)NCc1ccco1. The van der Waals surface area contributed by atoms with Crippen molar-refractivity contribution in [3.63, 3.8) is 0 Å². The highest BCUT2D eigenvalue weighted by Crippen LogP contribution is 2.09. The summed E-state index contributed by atoms with van der Waals surface area (Å²) in [6.45, 7) is 2.24. The van der Waals surface area contributed by atoms with Gasteiger partial charge in [0.2, 0.25) is 5.91 Å². The number of hydrogen-bond acceptors (Lipinski definition) is 5. The molecule has 8 nitrogen and oxygen atoms in total. The van der Waals surface area contributed by atoms with E-state index in [1.807, 2.05) is 31.1 Å². The second kappa shape index (κ2) is 8.72. The number of hydrogen-bond donors (Lipinski definition) is 3. The maximum absolute atomic E-state index is 12.0. The second-order valence-corrected chi connectivity index (χ2v) is 5.76. The Morgan fingerprint density at radius 2 is 2.04 bits per heavy atom. The summed E-state index contributed by atoms with van der Waals surface area (Å²) in [4.78, 5) is 30.0. The molecule has 0 saturated carbocycles.